The summed E-state index contributed by atoms with van der Waals surface area (Å²) in [5.41, 5.74) is 4.56. The van der Waals surface area contributed by atoms with E-state index in [-0.39, 0.29) is 0 Å². The van der Waals surface area contributed by atoms with E-state index in [0.717, 1.165) is 50.5 Å². The molecule has 0 unspecified atom stereocenters. The van der Waals surface area contributed by atoms with Crippen molar-refractivity contribution in [2.24, 2.45) is 14.1 Å². The van der Waals surface area contributed by atoms with Crippen LogP contribution in [-0.4, -0.2) is 59.8 Å². The van der Waals surface area contributed by atoms with Gasteiger partial charge in [-0.3, -0.25) is 0 Å². The smallest absolute Gasteiger partial charge is 0.430 e. The summed E-state index contributed by atoms with van der Waals surface area (Å²) >= 11 is 0. The van der Waals surface area contributed by atoms with Crippen molar-refractivity contribution in [1.82, 2.24) is 0 Å². The molecule has 0 saturated carbocycles. The molecule has 6 rings (SSSR count). The minimum atomic E-state index is -5.19. The zero-order valence-electron chi connectivity index (χ0n) is 33.8. The zero-order valence-corrected chi connectivity index (χ0v) is 33.8. The molecule has 0 saturated heterocycles. The number of nitrogens with zero attached hydrogens (tertiary/aromatic N) is 2. The van der Waals surface area contributed by atoms with Crippen molar-refractivity contribution in [3.05, 3.63) is 114 Å². The Morgan fingerprint density at radius 3 is 1.25 bits per heavy atom. The fourth-order valence-electron chi connectivity index (χ4n) is 6.05. The lowest BCUT2D eigenvalue weighted by Crippen LogP contribution is -2.37. The van der Waals surface area contributed by atoms with E-state index in [1.54, 1.807) is 35.5 Å². The first-order valence-electron chi connectivity index (χ1n) is 17.8. The number of halogens is 6. The molecule has 61 heavy (non-hydrogen) atoms. The summed E-state index contributed by atoms with van der Waals surface area (Å²) in [5.74, 6) is -1.14. The van der Waals surface area contributed by atoms with Gasteiger partial charge in [-0.1, -0.05) is 18.2 Å². The van der Waals surface area contributed by atoms with E-state index >= 15 is 0 Å². The van der Waals surface area contributed by atoms with Gasteiger partial charge in [0.05, 0.1) is 59.2 Å². The molecule has 18 heteroatoms. The Morgan fingerprint density at radius 1 is 0.508 bits per heavy atom. The highest BCUT2D eigenvalue weighted by Crippen LogP contribution is 2.37. The van der Waals surface area contributed by atoms with Gasteiger partial charge < -0.3 is 48.2 Å². The molecule has 6 aromatic rings. The van der Waals surface area contributed by atoms with E-state index < -0.39 is 24.3 Å². The Hall–Kier alpha value is -6.98. The van der Waals surface area contributed by atoms with Crippen LogP contribution in [0.5, 0.6) is 40.2 Å². The highest BCUT2D eigenvalue weighted by atomic mass is 19.4. The van der Waals surface area contributed by atoms with Crippen LogP contribution in [0.1, 0.15) is 22.5 Å². The van der Waals surface area contributed by atoms with Crippen LogP contribution in [0.3, 0.4) is 0 Å². The normalized spacial score (nSPS) is 11.1. The molecule has 0 aliphatic rings. The summed E-state index contributed by atoms with van der Waals surface area (Å²) in [6.45, 7) is 0. The second-order valence-electron chi connectivity index (χ2n) is 13.0. The second-order valence-corrected chi connectivity index (χ2v) is 13.0. The molecule has 4 aromatic carbocycles. The van der Waals surface area contributed by atoms with Gasteiger partial charge in [-0.25, -0.2) is 9.13 Å². The molecule has 0 aliphatic carbocycles. The number of aryl methyl sites for hydroxylation is 2. The fraction of sp³-hybridized carbons (Fsp3) is 0.256. The predicted molar refractivity (Wildman–Crippen MR) is 204 cm³/mol. The molecular formula is C43H40F6N2O10. The number of carbonyl (C=O) groups excluding carboxylic acids is 2. The molecule has 12 nitrogen and oxygen atoms in total. The zero-order chi connectivity index (χ0) is 45.2. The standard InChI is InChI=1S/C39H40N2O6.2C2HF3O2/c1-40-16-14-27-21-35(43-4)37(45-6)23-30(27)32(40)18-25-8-11-29(12-9-25)47-39-20-26(10-13-34(39)42-3)19-33-31-24-38(46-7)36(44-5)22-28(31)15-17-41(33)2;2*3-2(4,5)1(6)7/h8-17,20-24H,18-19H2,1-7H3;2*(H,6,7)/q+2;;/p-2. The Balaban J connectivity index is 0.000000504. The van der Waals surface area contributed by atoms with Gasteiger partial charge in [0.2, 0.25) is 0 Å². The van der Waals surface area contributed by atoms with Gasteiger partial charge >= 0.3 is 12.4 Å². The third-order valence-corrected chi connectivity index (χ3v) is 9.13. The number of rotatable bonds is 11. The van der Waals surface area contributed by atoms with Crippen molar-refractivity contribution in [2.75, 3.05) is 35.5 Å². The van der Waals surface area contributed by atoms with E-state index in [2.05, 4.69) is 66.0 Å². The highest BCUT2D eigenvalue weighted by Gasteiger charge is 2.29. The molecule has 0 atom stereocenters. The molecule has 0 radical (unpaired) electrons. The summed E-state index contributed by atoms with van der Waals surface area (Å²) in [6.07, 6.45) is -4.83. The van der Waals surface area contributed by atoms with Gasteiger partial charge in [0.25, 0.3) is 0 Å². The Labute approximate surface area is 345 Å². The molecule has 0 amide bonds. The number of carbonyl (C=O) groups is 2. The summed E-state index contributed by atoms with van der Waals surface area (Å²) < 4.78 is 102. The minimum Gasteiger partial charge on any atom is -0.542 e. The lowest BCUT2D eigenvalue weighted by atomic mass is 10.0. The van der Waals surface area contributed by atoms with E-state index in [1.165, 1.54) is 5.69 Å². The number of aromatic nitrogens is 2. The summed E-state index contributed by atoms with van der Waals surface area (Å²) in [5, 5.41) is 22.0. The number of carboxylic acid groups (broad SMARTS) is 2. The van der Waals surface area contributed by atoms with Crippen molar-refractivity contribution in [3.8, 4) is 40.2 Å². The van der Waals surface area contributed by atoms with Crippen LogP contribution >= 0.6 is 0 Å². The minimum absolute atomic E-state index is 0.654. The molecule has 0 N–H and O–H groups in total. The summed E-state index contributed by atoms with van der Waals surface area (Å²) in [6, 6.07) is 26.6. The third kappa shape index (κ3) is 11.8. The number of ether oxygens (including phenoxy) is 6. The number of methoxy groups -OCH3 is 5. The van der Waals surface area contributed by atoms with Gasteiger partial charge in [-0.2, -0.15) is 26.3 Å². The molecule has 0 aliphatic heterocycles. The second kappa shape index (κ2) is 19.8. The predicted octanol–water partition coefficient (Wildman–Crippen LogP) is 5.26. The van der Waals surface area contributed by atoms with Crippen LogP contribution in [0.2, 0.25) is 0 Å². The number of hydrogen-bond donors (Lipinski definition) is 0. The van der Waals surface area contributed by atoms with E-state index in [9.17, 15) is 26.3 Å². The van der Waals surface area contributed by atoms with Crippen molar-refractivity contribution in [1.29, 1.82) is 0 Å². The first-order chi connectivity index (χ1) is 28.7. The van der Waals surface area contributed by atoms with Crippen molar-refractivity contribution in [3.63, 3.8) is 0 Å². The first kappa shape index (κ1) is 46.7. The molecule has 0 fully saturated rings. The van der Waals surface area contributed by atoms with E-state index in [4.69, 9.17) is 48.2 Å². The van der Waals surface area contributed by atoms with Crippen LogP contribution in [0.25, 0.3) is 21.5 Å². The number of benzene rings is 4. The number of hydrogen-bond acceptors (Lipinski definition) is 10. The average Bonchev–Trinajstić information content (AvgIpc) is 3.22. The van der Waals surface area contributed by atoms with Crippen LogP contribution in [0.15, 0.2) is 91.3 Å². The van der Waals surface area contributed by atoms with Gasteiger partial charge in [0.15, 0.2) is 58.3 Å². The van der Waals surface area contributed by atoms with Crippen molar-refractivity contribution < 1.29 is 83.7 Å². The van der Waals surface area contributed by atoms with Crippen LogP contribution in [0, 0.1) is 0 Å². The molecule has 0 spiro atoms. The SMILES string of the molecule is COc1cc2cc[n+](C)c(Cc3ccc(Oc4cc(Cc5c6cc(OC)c(OC)cc6cc[n+]5C)ccc4OC)cc3)c2cc1OC.O=C([O-])C(F)(F)F.O=C([O-])C(F)(F)F. The van der Waals surface area contributed by atoms with Gasteiger partial charge in [0, 0.05) is 12.1 Å². The van der Waals surface area contributed by atoms with Crippen LogP contribution in [0.4, 0.5) is 26.3 Å². The van der Waals surface area contributed by atoms with Gasteiger partial charge in [0.1, 0.15) is 31.8 Å². The topological polar surface area (TPSA) is 143 Å². The van der Waals surface area contributed by atoms with Crippen LogP contribution in [-0.2, 0) is 36.5 Å². The largest absolute Gasteiger partial charge is 0.542 e. The molecule has 2 aromatic heterocycles. The maximum absolute atomic E-state index is 10.5. The lowest BCUT2D eigenvalue weighted by molar-refractivity contribution is -0.677. The number of alkyl halides is 6. The van der Waals surface area contributed by atoms with E-state index in [1.807, 2.05) is 48.5 Å². The molecule has 324 valence electrons. The highest BCUT2D eigenvalue weighted by molar-refractivity contribution is 5.88. The Morgan fingerprint density at radius 2 is 0.869 bits per heavy atom. The number of carboxylic acids is 2. The molecule has 2 heterocycles. The monoisotopic (exact) mass is 858 g/mol. The lowest BCUT2D eigenvalue weighted by Gasteiger charge is -2.14. The number of pyridine rings is 2. The Bertz CT molecular complexity index is 2490. The van der Waals surface area contributed by atoms with Gasteiger partial charge in [-0.05, 0) is 70.4 Å². The Kier molecular flexibility index (Phi) is 15.2. The summed E-state index contributed by atoms with van der Waals surface area (Å²) in [4.78, 5) is 17.6. The maximum atomic E-state index is 10.5. The van der Waals surface area contributed by atoms with E-state index in [0.29, 0.717) is 40.9 Å². The van der Waals surface area contributed by atoms with Crippen LogP contribution < -0.4 is 47.8 Å². The molecular weight excluding hydrogens is 818 g/mol. The van der Waals surface area contributed by atoms with Crippen molar-refractivity contribution >= 4 is 33.5 Å². The number of fused-ring (bicyclic) bond motifs is 2. The van der Waals surface area contributed by atoms with Gasteiger partial charge in [-0.15, -0.1) is 0 Å². The van der Waals surface area contributed by atoms with Crippen molar-refractivity contribution in [2.45, 2.75) is 25.2 Å². The number of aliphatic carboxylic acids is 2. The fourth-order valence-corrected chi connectivity index (χ4v) is 6.05. The quantitative estimate of drug-likeness (QED) is 0.125. The average molecular weight is 859 g/mol. The maximum Gasteiger partial charge on any atom is 0.430 e. The first-order valence-corrected chi connectivity index (χ1v) is 17.8. The third-order valence-electron chi connectivity index (χ3n) is 9.13. The molecule has 0 bridgehead atoms. The summed E-state index contributed by atoms with van der Waals surface area (Å²) in [7, 11) is 12.4.